The van der Waals surface area contributed by atoms with Crippen LogP contribution in [0.4, 0.5) is 8.78 Å². The fraction of sp³-hybridized carbons (Fsp3) is 0.192. The summed E-state index contributed by atoms with van der Waals surface area (Å²) in [6.07, 6.45) is 0. The van der Waals surface area contributed by atoms with Gasteiger partial charge in [0.1, 0.15) is 17.2 Å². The lowest BCUT2D eigenvalue weighted by atomic mass is 10.0. The van der Waals surface area contributed by atoms with Crippen molar-refractivity contribution >= 4 is 16.9 Å². The largest absolute Gasteiger partial charge is 0.336 e. The van der Waals surface area contributed by atoms with Gasteiger partial charge in [0.25, 0.3) is 5.91 Å². The monoisotopic (exact) mass is 444 g/mol. The Balaban J connectivity index is 1.68. The number of para-hydroxylation sites is 1. The van der Waals surface area contributed by atoms with Crippen molar-refractivity contribution in [1.82, 2.24) is 19.8 Å². The highest BCUT2D eigenvalue weighted by molar-refractivity contribution is 6.05. The Morgan fingerprint density at radius 1 is 0.758 bits per heavy atom. The van der Waals surface area contributed by atoms with Gasteiger partial charge in [-0.05, 0) is 67.7 Å². The average molecular weight is 444 g/mol. The number of carbonyl (C=O) groups excluding carboxylic acids is 1. The van der Waals surface area contributed by atoms with E-state index in [4.69, 9.17) is 9.97 Å². The summed E-state index contributed by atoms with van der Waals surface area (Å²) in [5.41, 5.74) is 3.93. The number of rotatable bonds is 3. The first kappa shape index (κ1) is 21.2. The van der Waals surface area contributed by atoms with Gasteiger partial charge in [-0.15, -0.1) is 0 Å². The fourth-order valence-corrected chi connectivity index (χ4v) is 4.05. The zero-order valence-electron chi connectivity index (χ0n) is 18.1. The first-order valence-electron chi connectivity index (χ1n) is 10.8. The topological polar surface area (TPSA) is 49.3 Å². The smallest absolute Gasteiger partial charge is 0.256 e. The van der Waals surface area contributed by atoms with Crippen molar-refractivity contribution in [3.05, 3.63) is 83.9 Å². The predicted octanol–water partition coefficient (Wildman–Crippen LogP) is 4.63. The van der Waals surface area contributed by atoms with Crippen LogP contribution in [0.1, 0.15) is 10.4 Å². The van der Waals surface area contributed by atoms with Crippen LogP contribution >= 0.6 is 0 Å². The summed E-state index contributed by atoms with van der Waals surface area (Å²) in [5.74, 6) is -0.791. The quantitative estimate of drug-likeness (QED) is 0.462. The van der Waals surface area contributed by atoms with Crippen molar-refractivity contribution < 1.29 is 13.6 Å². The van der Waals surface area contributed by atoms with Crippen LogP contribution in [0.15, 0.2) is 66.7 Å². The van der Waals surface area contributed by atoms with Crippen molar-refractivity contribution in [2.75, 3.05) is 33.2 Å². The van der Waals surface area contributed by atoms with Gasteiger partial charge in [-0.2, -0.15) is 0 Å². The van der Waals surface area contributed by atoms with E-state index in [2.05, 4.69) is 4.90 Å². The van der Waals surface area contributed by atoms with E-state index in [1.54, 1.807) is 36.4 Å². The lowest BCUT2D eigenvalue weighted by Gasteiger charge is -2.32. The molecule has 3 aromatic carbocycles. The lowest BCUT2D eigenvalue weighted by molar-refractivity contribution is 0.0666. The van der Waals surface area contributed by atoms with Gasteiger partial charge in [0.2, 0.25) is 0 Å². The molecule has 4 aromatic rings. The van der Waals surface area contributed by atoms with E-state index in [0.717, 1.165) is 13.1 Å². The van der Waals surface area contributed by atoms with Crippen molar-refractivity contribution in [3.63, 3.8) is 0 Å². The molecule has 0 aliphatic carbocycles. The molecule has 0 spiro atoms. The van der Waals surface area contributed by atoms with Crippen LogP contribution in [0.5, 0.6) is 0 Å². The highest BCUT2D eigenvalue weighted by Crippen LogP contribution is 2.32. The average Bonchev–Trinajstić information content (AvgIpc) is 2.84. The second kappa shape index (κ2) is 8.67. The van der Waals surface area contributed by atoms with E-state index in [1.165, 1.54) is 24.3 Å². The number of likely N-dealkylation sites (N-methyl/N-ethyl adjacent to an activating group) is 1. The van der Waals surface area contributed by atoms with E-state index in [9.17, 15) is 13.6 Å². The number of hydrogen-bond acceptors (Lipinski definition) is 4. The first-order valence-corrected chi connectivity index (χ1v) is 10.8. The van der Waals surface area contributed by atoms with Crippen LogP contribution in [0, 0.1) is 11.6 Å². The van der Waals surface area contributed by atoms with E-state index < -0.39 is 0 Å². The van der Waals surface area contributed by atoms with E-state index in [0.29, 0.717) is 52.2 Å². The van der Waals surface area contributed by atoms with E-state index in [1.807, 2.05) is 18.0 Å². The molecule has 33 heavy (non-hydrogen) atoms. The Hall–Kier alpha value is -3.71. The summed E-state index contributed by atoms with van der Waals surface area (Å²) in [7, 11) is 2.04. The Kier molecular flexibility index (Phi) is 5.56. The number of carbonyl (C=O) groups is 1. The van der Waals surface area contributed by atoms with Crippen molar-refractivity contribution in [2.45, 2.75) is 0 Å². The molecule has 0 atom stereocenters. The molecule has 7 heteroatoms. The van der Waals surface area contributed by atoms with Crippen LogP contribution in [0.3, 0.4) is 0 Å². The van der Waals surface area contributed by atoms with Crippen molar-refractivity contribution in [3.8, 4) is 22.5 Å². The van der Waals surface area contributed by atoms with E-state index >= 15 is 0 Å². The summed E-state index contributed by atoms with van der Waals surface area (Å²) in [4.78, 5) is 27.1. The molecular weight excluding hydrogens is 422 g/mol. The van der Waals surface area contributed by atoms with Crippen LogP contribution < -0.4 is 0 Å². The molecule has 0 radical (unpaired) electrons. The highest BCUT2D eigenvalue weighted by Gasteiger charge is 2.24. The molecule has 1 aliphatic heterocycles. The summed E-state index contributed by atoms with van der Waals surface area (Å²) < 4.78 is 27.1. The molecule has 0 unspecified atom stereocenters. The molecule has 5 nitrogen and oxygen atoms in total. The molecule has 2 heterocycles. The number of nitrogens with zero attached hydrogens (tertiary/aromatic N) is 4. The predicted molar refractivity (Wildman–Crippen MR) is 124 cm³/mol. The Morgan fingerprint density at radius 3 is 1.88 bits per heavy atom. The van der Waals surface area contributed by atoms with Crippen LogP contribution in [0.25, 0.3) is 33.5 Å². The standard InChI is InChI=1S/C26H22F2N4O/c1-31-13-15-32(16-14-31)26(33)21-3-2-4-22-25(21)30-24(18-7-11-20(28)12-8-18)23(29-22)17-5-9-19(27)10-6-17/h2-12H,13-16H2,1H3. The van der Waals surface area contributed by atoms with Gasteiger partial charge in [0.05, 0.1) is 22.5 Å². The third-order valence-electron chi connectivity index (χ3n) is 5.95. The fourth-order valence-electron chi connectivity index (χ4n) is 4.05. The van der Waals surface area contributed by atoms with Crippen LogP contribution in [-0.2, 0) is 0 Å². The Morgan fingerprint density at radius 2 is 1.30 bits per heavy atom. The number of amides is 1. The summed E-state index contributed by atoms with van der Waals surface area (Å²) in [6.45, 7) is 2.94. The zero-order chi connectivity index (χ0) is 22.9. The number of fused-ring (bicyclic) bond motifs is 1. The summed E-state index contributed by atoms with van der Waals surface area (Å²) >= 11 is 0. The summed E-state index contributed by atoms with van der Waals surface area (Å²) in [6, 6.07) is 17.3. The van der Waals surface area contributed by atoms with Crippen LogP contribution in [-0.4, -0.2) is 58.9 Å². The number of piperazine rings is 1. The minimum Gasteiger partial charge on any atom is -0.336 e. The van der Waals surface area contributed by atoms with Gasteiger partial charge in [-0.25, -0.2) is 18.7 Å². The molecule has 0 N–H and O–H groups in total. The molecule has 0 bridgehead atoms. The maximum Gasteiger partial charge on any atom is 0.256 e. The van der Waals surface area contributed by atoms with Crippen molar-refractivity contribution in [1.29, 1.82) is 0 Å². The third-order valence-corrected chi connectivity index (χ3v) is 5.95. The van der Waals surface area contributed by atoms with Gasteiger partial charge in [-0.3, -0.25) is 4.79 Å². The maximum absolute atomic E-state index is 13.6. The van der Waals surface area contributed by atoms with Gasteiger partial charge in [0, 0.05) is 37.3 Å². The second-order valence-corrected chi connectivity index (χ2v) is 8.20. The molecule has 166 valence electrons. The molecule has 1 fully saturated rings. The second-order valence-electron chi connectivity index (χ2n) is 8.20. The SMILES string of the molecule is CN1CCN(C(=O)c2cccc3nc(-c4ccc(F)cc4)c(-c4ccc(F)cc4)nc23)CC1. The number of halogens is 2. The molecule has 1 aliphatic rings. The Bertz CT molecular complexity index is 1310. The number of benzene rings is 3. The minimum absolute atomic E-state index is 0.0809. The minimum atomic E-state index is -0.359. The maximum atomic E-state index is 13.6. The number of hydrogen-bond donors (Lipinski definition) is 0. The van der Waals surface area contributed by atoms with Gasteiger partial charge < -0.3 is 9.80 Å². The van der Waals surface area contributed by atoms with Crippen LogP contribution in [0.2, 0.25) is 0 Å². The number of aromatic nitrogens is 2. The van der Waals surface area contributed by atoms with Gasteiger partial charge >= 0.3 is 0 Å². The molecule has 0 saturated carbocycles. The Labute approximate surface area is 190 Å². The lowest BCUT2D eigenvalue weighted by Crippen LogP contribution is -2.47. The molecular formula is C26H22F2N4O. The first-order chi connectivity index (χ1) is 16.0. The van der Waals surface area contributed by atoms with E-state index in [-0.39, 0.29) is 17.5 Å². The molecule has 5 rings (SSSR count). The highest BCUT2D eigenvalue weighted by atomic mass is 19.1. The van der Waals surface area contributed by atoms with Gasteiger partial charge in [0.15, 0.2) is 0 Å². The molecule has 1 amide bonds. The van der Waals surface area contributed by atoms with Crippen molar-refractivity contribution in [2.24, 2.45) is 0 Å². The molecule has 1 aromatic heterocycles. The van der Waals surface area contributed by atoms with Gasteiger partial charge in [-0.1, -0.05) is 6.07 Å². The summed E-state index contributed by atoms with van der Waals surface area (Å²) in [5, 5.41) is 0. The molecule has 1 saturated heterocycles. The third kappa shape index (κ3) is 4.19. The normalized spacial score (nSPS) is 14.6. The zero-order valence-corrected chi connectivity index (χ0v) is 18.1.